The van der Waals surface area contributed by atoms with Crippen LogP contribution in [-0.2, 0) is 9.57 Å². The number of aldehydes is 1. The van der Waals surface area contributed by atoms with E-state index in [1.807, 2.05) is 0 Å². The molecule has 0 aliphatic carbocycles. The molecule has 2 unspecified atom stereocenters. The summed E-state index contributed by atoms with van der Waals surface area (Å²) >= 11 is 1.31. The number of carbonyl (C=O) groups excluding carboxylic acids is 1. The van der Waals surface area contributed by atoms with Crippen LogP contribution < -0.4 is 5.06 Å². The molecule has 2 saturated heterocycles. The normalized spacial score (nSPS) is 21.2. The lowest BCUT2D eigenvalue weighted by Crippen LogP contribution is -2.41. The Hall–Kier alpha value is -2.95. The Morgan fingerprint density at radius 1 is 1.25 bits per heavy atom. The summed E-state index contributed by atoms with van der Waals surface area (Å²) in [6.07, 6.45) is 2.32. The van der Waals surface area contributed by atoms with Gasteiger partial charge in [0, 0.05) is 24.1 Å². The molecule has 4 heterocycles. The highest BCUT2D eigenvalue weighted by Gasteiger charge is 2.36. The molecule has 0 amide bonds. The zero-order valence-electron chi connectivity index (χ0n) is 14.5. The smallest absolute Gasteiger partial charge is 0.269 e. The molecule has 10 heteroatoms. The monoisotopic (exact) mass is 398 g/mol. The van der Waals surface area contributed by atoms with Crippen molar-refractivity contribution in [1.82, 2.24) is 9.97 Å². The maximum absolute atomic E-state index is 11.3. The zero-order valence-corrected chi connectivity index (χ0v) is 15.3. The number of rotatable bonds is 4. The van der Waals surface area contributed by atoms with Gasteiger partial charge in [0.05, 0.1) is 32.7 Å². The molecule has 1 aromatic carbocycles. The lowest BCUT2D eigenvalue weighted by molar-refractivity contribution is -0.384. The molecule has 28 heavy (non-hydrogen) atoms. The van der Waals surface area contributed by atoms with E-state index in [1.165, 1.54) is 23.5 Å². The molecule has 5 rings (SSSR count). The summed E-state index contributed by atoms with van der Waals surface area (Å²) < 4.78 is 6.47. The van der Waals surface area contributed by atoms with E-state index in [4.69, 9.17) is 9.57 Å². The van der Waals surface area contributed by atoms with Crippen LogP contribution in [0.4, 0.5) is 11.5 Å². The van der Waals surface area contributed by atoms with Crippen molar-refractivity contribution in [3.63, 3.8) is 0 Å². The summed E-state index contributed by atoms with van der Waals surface area (Å²) in [5.41, 5.74) is 1.27. The molecular weight excluding hydrogens is 384 g/mol. The third-order valence-corrected chi connectivity index (χ3v) is 5.79. The minimum absolute atomic E-state index is 0.00286. The number of hydrogen-bond acceptors (Lipinski definition) is 9. The molecule has 0 N–H and O–H groups in total. The fraction of sp³-hybridized carbons (Fsp3) is 0.278. The highest BCUT2D eigenvalue weighted by Crippen LogP contribution is 2.37. The van der Waals surface area contributed by atoms with Gasteiger partial charge in [-0.15, -0.1) is 11.3 Å². The van der Waals surface area contributed by atoms with Crippen LogP contribution in [0.3, 0.4) is 0 Å². The second-order valence-corrected chi connectivity index (χ2v) is 7.67. The van der Waals surface area contributed by atoms with Gasteiger partial charge in [-0.05, 0) is 24.6 Å². The second-order valence-electron chi connectivity index (χ2n) is 6.59. The van der Waals surface area contributed by atoms with E-state index < -0.39 is 4.92 Å². The number of fused-ring (bicyclic) bond motifs is 3. The highest BCUT2D eigenvalue weighted by atomic mass is 32.1. The van der Waals surface area contributed by atoms with E-state index >= 15 is 0 Å². The number of anilines is 1. The molecule has 2 fully saturated rings. The number of benzene rings is 1. The maximum Gasteiger partial charge on any atom is 0.269 e. The average Bonchev–Trinajstić information content (AvgIpc) is 3.29. The van der Waals surface area contributed by atoms with Crippen molar-refractivity contribution < 1.29 is 19.3 Å². The third kappa shape index (κ3) is 2.91. The fourth-order valence-electron chi connectivity index (χ4n) is 3.41. The average molecular weight is 398 g/mol. The predicted molar refractivity (Wildman–Crippen MR) is 101 cm³/mol. The summed E-state index contributed by atoms with van der Waals surface area (Å²) in [5.74, 6) is 0.992. The van der Waals surface area contributed by atoms with Crippen LogP contribution in [0.25, 0.3) is 21.6 Å². The van der Waals surface area contributed by atoms with Crippen molar-refractivity contribution in [3.8, 4) is 11.4 Å². The standard InChI is InChI=1S/C18H14N4O5S/c23-9-13-7-14-16(28-13)18(21-8-12-5-6-15(26-12)27-21)20-17(19-14)10-1-3-11(4-2-10)22(24)25/h1-4,7,9,12,15H,5-6,8H2. The van der Waals surface area contributed by atoms with Gasteiger partial charge in [0.25, 0.3) is 5.69 Å². The van der Waals surface area contributed by atoms with Crippen molar-refractivity contribution >= 4 is 39.3 Å². The molecular formula is C18H14N4O5S. The van der Waals surface area contributed by atoms with E-state index in [0.29, 0.717) is 34.1 Å². The number of non-ortho nitro benzene ring substituents is 1. The molecule has 0 radical (unpaired) electrons. The number of hydrogen-bond donors (Lipinski definition) is 0. The number of nitrogens with zero attached hydrogens (tertiary/aromatic N) is 4. The Morgan fingerprint density at radius 2 is 2.07 bits per heavy atom. The van der Waals surface area contributed by atoms with Gasteiger partial charge in [-0.25, -0.2) is 19.9 Å². The first-order valence-corrected chi connectivity index (χ1v) is 9.54. The minimum Gasteiger partial charge on any atom is -0.345 e. The largest absolute Gasteiger partial charge is 0.345 e. The molecule has 0 spiro atoms. The molecule has 2 bridgehead atoms. The van der Waals surface area contributed by atoms with Crippen LogP contribution in [-0.4, -0.2) is 40.1 Å². The van der Waals surface area contributed by atoms with Gasteiger partial charge in [-0.3, -0.25) is 14.9 Å². The minimum atomic E-state index is -0.453. The molecule has 9 nitrogen and oxygen atoms in total. The number of nitro benzene ring substituents is 1. The third-order valence-electron chi connectivity index (χ3n) is 4.74. The van der Waals surface area contributed by atoms with Crippen LogP contribution in [0.1, 0.15) is 22.5 Å². The topological polar surface area (TPSA) is 108 Å². The van der Waals surface area contributed by atoms with Gasteiger partial charge in [0.2, 0.25) is 0 Å². The second kappa shape index (κ2) is 6.59. The summed E-state index contributed by atoms with van der Waals surface area (Å²) in [6.45, 7) is 0.538. The van der Waals surface area contributed by atoms with Gasteiger partial charge in [-0.1, -0.05) is 0 Å². The van der Waals surface area contributed by atoms with Crippen molar-refractivity contribution in [2.75, 3.05) is 11.6 Å². The van der Waals surface area contributed by atoms with E-state index in [-0.39, 0.29) is 18.1 Å². The Balaban J connectivity index is 1.62. The van der Waals surface area contributed by atoms with Gasteiger partial charge >= 0.3 is 0 Å². The summed E-state index contributed by atoms with van der Waals surface area (Å²) in [4.78, 5) is 37.4. The van der Waals surface area contributed by atoms with E-state index in [1.54, 1.807) is 23.3 Å². The number of hydroxylamine groups is 1. The summed E-state index contributed by atoms with van der Waals surface area (Å²) in [7, 11) is 0. The Morgan fingerprint density at radius 3 is 2.79 bits per heavy atom. The lowest BCUT2D eigenvalue weighted by Gasteiger charge is -2.32. The van der Waals surface area contributed by atoms with Crippen molar-refractivity contribution in [2.45, 2.75) is 25.2 Å². The molecule has 3 aromatic rings. The fourth-order valence-corrected chi connectivity index (χ4v) is 4.31. The number of thiophene rings is 1. The first kappa shape index (κ1) is 17.2. The van der Waals surface area contributed by atoms with Crippen LogP contribution >= 0.6 is 11.3 Å². The SMILES string of the molecule is O=Cc1cc2nc(-c3ccc([N+](=O)[O-])cc3)nc(N3CC4CCC(O4)O3)c2s1. The van der Waals surface area contributed by atoms with Gasteiger partial charge in [-0.2, -0.15) is 0 Å². The van der Waals surface area contributed by atoms with Crippen LogP contribution in [0.15, 0.2) is 30.3 Å². The molecule has 2 aliphatic rings. The van der Waals surface area contributed by atoms with E-state index in [0.717, 1.165) is 23.8 Å². The molecule has 142 valence electrons. The van der Waals surface area contributed by atoms with Gasteiger partial charge < -0.3 is 4.74 Å². The lowest BCUT2D eigenvalue weighted by atomic mass is 10.2. The molecule has 2 aromatic heterocycles. The Kier molecular flexibility index (Phi) is 4.04. The molecule has 2 aliphatic heterocycles. The molecule has 0 saturated carbocycles. The van der Waals surface area contributed by atoms with Crippen molar-refractivity contribution in [1.29, 1.82) is 0 Å². The van der Waals surface area contributed by atoms with Crippen LogP contribution in [0, 0.1) is 10.1 Å². The first-order valence-electron chi connectivity index (χ1n) is 8.72. The van der Waals surface area contributed by atoms with E-state index in [2.05, 4.69) is 9.97 Å². The summed E-state index contributed by atoms with van der Waals surface area (Å²) in [6, 6.07) is 7.76. The van der Waals surface area contributed by atoms with Crippen LogP contribution in [0.5, 0.6) is 0 Å². The summed E-state index contributed by atoms with van der Waals surface area (Å²) in [5, 5.41) is 12.6. The number of aromatic nitrogens is 2. The number of ether oxygens (including phenoxy) is 1. The number of nitro groups is 1. The first-order chi connectivity index (χ1) is 13.6. The Bertz CT molecular complexity index is 1070. The van der Waals surface area contributed by atoms with Crippen LogP contribution in [0.2, 0.25) is 0 Å². The quantitative estimate of drug-likeness (QED) is 0.374. The van der Waals surface area contributed by atoms with Gasteiger partial charge in [0.1, 0.15) is 0 Å². The zero-order chi connectivity index (χ0) is 19.3. The van der Waals surface area contributed by atoms with Gasteiger partial charge in [0.15, 0.2) is 24.2 Å². The highest BCUT2D eigenvalue weighted by molar-refractivity contribution is 7.21. The van der Waals surface area contributed by atoms with E-state index in [9.17, 15) is 14.9 Å². The maximum atomic E-state index is 11.3. The van der Waals surface area contributed by atoms with Crippen molar-refractivity contribution in [2.24, 2.45) is 0 Å². The molecule has 2 atom stereocenters. The van der Waals surface area contributed by atoms with Crippen molar-refractivity contribution in [3.05, 3.63) is 45.3 Å². The Labute approximate surface area is 162 Å². The predicted octanol–water partition coefficient (Wildman–Crippen LogP) is 3.34. The number of carbonyl (C=O) groups is 1.